The fraction of sp³-hybridized carbons (Fsp3) is 0.263. The summed E-state index contributed by atoms with van der Waals surface area (Å²) in [5.41, 5.74) is 0.585. The van der Waals surface area contributed by atoms with Crippen LogP contribution in [0.2, 0.25) is 5.02 Å². The maximum absolute atomic E-state index is 12.2. The van der Waals surface area contributed by atoms with E-state index in [2.05, 4.69) is 14.9 Å². The summed E-state index contributed by atoms with van der Waals surface area (Å²) in [7, 11) is 1.97. The number of ether oxygens (including phenoxy) is 1. The van der Waals surface area contributed by atoms with Gasteiger partial charge >= 0.3 is 0 Å². The molecule has 0 saturated carbocycles. The van der Waals surface area contributed by atoms with Crippen molar-refractivity contribution >= 4 is 22.5 Å². The van der Waals surface area contributed by atoms with Gasteiger partial charge in [0.1, 0.15) is 18.2 Å². The molecule has 3 aromatic rings. The summed E-state index contributed by atoms with van der Waals surface area (Å²) in [6.07, 6.45) is 0. The predicted octanol–water partition coefficient (Wildman–Crippen LogP) is 3.65. The number of aromatic amines is 1. The molecule has 0 aliphatic heterocycles. The number of benzene rings is 2. The minimum atomic E-state index is -0.117. The molecule has 0 saturated heterocycles. The first-order valence-electron chi connectivity index (χ1n) is 8.13. The third-order valence-corrected chi connectivity index (χ3v) is 4.54. The first kappa shape index (κ1) is 17.5. The lowest BCUT2D eigenvalue weighted by molar-refractivity contribution is 0.196. The second-order valence-corrected chi connectivity index (χ2v) is 6.31. The Morgan fingerprint density at radius 3 is 2.72 bits per heavy atom. The van der Waals surface area contributed by atoms with Crippen LogP contribution < -0.4 is 10.3 Å². The Hall–Kier alpha value is -2.37. The van der Waals surface area contributed by atoms with Gasteiger partial charge in [-0.15, -0.1) is 0 Å². The number of nitrogens with one attached hydrogen (secondary N) is 1. The van der Waals surface area contributed by atoms with Gasteiger partial charge in [-0.2, -0.15) is 0 Å². The number of nitrogens with zero attached hydrogens (tertiary/aromatic N) is 2. The Balaban J connectivity index is 1.67. The quantitative estimate of drug-likeness (QED) is 0.731. The molecule has 0 unspecified atom stereocenters. The zero-order valence-corrected chi connectivity index (χ0v) is 15.0. The molecule has 1 atom stereocenters. The number of fused-ring (bicyclic) bond motifs is 1. The molecule has 0 radical (unpaired) electrons. The Kier molecular flexibility index (Phi) is 5.36. The van der Waals surface area contributed by atoms with E-state index in [1.54, 1.807) is 12.1 Å². The molecule has 2 aromatic carbocycles. The van der Waals surface area contributed by atoms with E-state index in [4.69, 9.17) is 16.3 Å². The van der Waals surface area contributed by atoms with Crippen LogP contribution in [0.4, 0.5) is 0 Å². The lowest BCUT2D eigenvalue weighted by Crippen LogP contribution is -2.29. The number of likely N-dealkylation sites (N-methyl/N-ethyl adjacent to an activating group) is 1. The first-order valence-corrected chi connectivity index (χ1v) is 8.50. The molecule has 1 heterocycles. The van der Waals surface area contributed by atoms with Crippen LogP contribution in [-0.4, -0.2) is 35.1 Å². The van der Waals surface area contributed by atoms with Gasteiger partial charge in [-0.05, 0) is 38.2 Å². The van der Waals surface area contributed by atoms with Crippen LogP contribution in [0.3, 0.4) is 0 Å². The largest absolute Gasteiger partial charge is 0.491 e. The van der Waals surface area contributed by atoms with Crippen molar-refractivity contribution in [3.05, 3.63) is 69.7 Å². The van der Waals surface area contributed by atoms with Crippen molar-refractivity contribution in [3.63, 3.8) is 0 Å². The molecule has 3 rings (SSSR count). The highest BCUT2D eigenvalue weighted by Crippen LogP contribution is 2.23. The van der Waals surface area contributed by atoms with Gasteiger partial charge in [0.25, 0.3) is 5.56 Å². The molecule has 0 fully saturated rings. The van der Waals surface area contributed by atoms with Crippen molar-refractivity contribution < 1.29 is 4.74 Å². The molecule has 0 aliphatic rings. The Bertz CT molecular complexity index is 926. The van der Waals surface area contributed by atoms with Gasteiger partial charge in [-0.25, -0.2) is 4.98 Å². The summed E-state index contributed by atoms with van der Waals surface area (Å²) in [5, 5.41) is 1.20. The van der Waals surface area contributed by atoms with Gasteiger partial charge in [0.05, 0.1) is 22.0 Å². The minimum Gasteiger partial charge on any atom is -0.491 e. The molecular formula is C19H20ClN3O2. The third kappa shape index (κ3) is 4.00. The zero-order chi connectivity index (χ0) is 17.8. The Morgan fingerprint density at radius 1 is 1.20 bits per heavy atom. The van der Waals surface area contributed by atoms with E-state index in [-0.39, 0.29) is 11.6 Å². The highest BCUT2D eigenvalue weighted by molar-refractivity contribution is 6.32. The van der Waals surface area contributed by atoms with E-state index < -0.39 is 0 Å². The molecular weight excluding hydrogens is 338 g/mol. The van der Waals surface area contributed by atoms with Gasteiger partial charge < -0.3 is 9.72 Å². The molecule has 0 amide bonds. The fourth-order valence-electron chi connectivity index (χ4n) is 2.57. The summed E-state index contributed by atoms with van der Waals surface area (Å²) in [5.74, 6) is 1.31. The summed E-state index contributed by atoms with van der Waals surface area (Å²) >= 11 is 6.08. The highest BCUT2D eigenvalue weighted by Gasteiger charge is 2.15. The van der Waals surface area contributed by atoms with E-state index >= 15 is 0 Å². The second-order valence-electron chi connectivity index (χ2n) is 5.90. The number of hydrogen-bond donors (Lipinski definition) is 1. The molecule has 0 aliphatic carbocycles. The van der Waals surface area contributed by atoms with Crippen LogP contribution in [0.5, 0.6) is 5.75 Å². The molecule has 130 valence electrons. The fourth-order valence-corrected chi connectivity index (χ4v) is 2.76. The smallest absolute Gasteiger partial charge is 0.258 e. The van der Waals surface area contributed by atoms with E-state index in [9.17, 15) is 4.79 Å². The lowest BCUT2D eigenvalue weighted by atomic mass is 10.2. The molecule has 0 bridgehead atoms. The summed E-state index contributed by atoms with van der Waals surface area (Å²) in [6.45, 7) is 3.16. The summed E-state index contributed by atoms with van der Waals surface area (Å²) < 4.78 is 5.72. The average Bonchev–Trinajstić information content (AvgIpc) is 2.62. The van der Waals surface area contributed by atoms with Crippen LogP contribution in [0.25, 0.3) is 10.9 Å². The maximum Gasteiger partial charge on any atom is 0.258 e. The number of aromatic nitrogens is 2. The van der Waals surface area contributed by atoms with Crippen LogP contribution >= 0.6 is 11.6 Å². The van der Waals surface area contributed by atoms with Gasteiger partial charge in [-0.1, -0.05) is 35.9 Å². The molecule has 1 aromatic heterocycles. The van der Waals surface area contributed by atoms with Crippen molar-refractivity contribution in [2.45, 2.75) is 13.0 Å². The molecule has 0 spiro atoms. The van der Waals surface area contributed by atoms with Crippen molar-refractivity contribution in [1.29, 1.82) is 0 Å². The maximum atomic E-state index is 12.2. The second kappa shape index (κ2) is 7.68. The topological polar surface area (TPSA) is 58.2 Å². The number of hydrogen-bond acceptors (Lipinski definition) is 4. The van der Waals surface area contributed by atoms with Gasteiger partial charge in [0, 0.05) is 6.54 Å². The minimum absolute atomic E-state index is 0.0489. The standard InChI is InChI=1S/C19H20ClN3O2/c1-13(18-21-16-9-5-3-7-14(16)19(24)22-18)23(2)11-12-25-17-10-6-4-8-15(17)20/h3-10,13H,11-12H2,1-2H3,(H,21,22,24)/t13-/m0/s1. The number of H-pyrrole nitrogens is 1. The number of rotatable bonds is 6. The molecule has 25 heavy (non-hydrogen) atoms. The van der Waals surface area contributed by atoms with E-state index in [1.807, 2.05) is 50.4 Å². The van der Waals surface area contributed by atoms with Crippen molar-refractivity contribution in [2.24, 2.45) is 0 Å². The first-order chi connectivity index (χ1) is 12.1. The van der Waals surface area contributed by atoms with E-state index in [0.29, 0.717) is 40.7 Å². The zero-order valence-electron chi connectivity index (χ0n) is 14.2. The van der Waals surface area contributed by atoms with Crippen LogP contribution in [0.15, 0.2) is 53.3 Å². The predicted molar refractivity (Wildman–Crippen MR) is 100 cm³/mol. The van der Waals surface area contributed by atoms with Crippen LogP contribution in [0, 0.1) is 0 Å². The van der Waals surface area contributed by atoms with Crippen LogP contribution in [0.1, 0.15) is 18.8 Å². The van der Waals surface area contributed by atoms with Gasteiger partial charge in [0.2, 0.25) is 0 Å². The number of para-hydroxylation sites is 2. The van der Waals surface area contributed by atoms with Crippen LogP contribution in [-0.2, 0) is 0 Å². The molecule has 6 heteroatoms. The molecule has 1 N–H and O–H groups in total. The SMILES string of the molecule is C[C@@H](c1nc2ccccc2c(=O)[nH]1)N(C)CCOc1ccccc1Cl. The van der Waals surface area contributed by atoms with Gasteiger partial charge in [0.15, 0.2) is 0 Å². The average molecular weight is 358 g/mol. The van der Waals surface area contributed by atoms with E-state index in [1.165, 1.54) is 0 Å². The van der Waals surface area contributed by atoms with Crippen molar-refractivity contribution in [1.82, 2.24) is 14.9 Å². The number of halogens is 1. The highest BCUT2D eigenvalue weighted by atomic mass is 35.5. The van der Waals surface area contributed by atoms with Crippen molar-refractivity contribution in [2.75, 3.05) is 20.2 Å². The third-order valence-electron chi connectivity index (χ3n) is 4.23. The summed E-state index contributed by atoms with van der Waals surface area (Å²) in [4.78, 5) is 21.7. The Labute approximate surface area is 151 Å². The molecule has 5 nitrogen and oxygen atoms in total. The lowest BCUT2D eigenvalue weighted by Gasteiger charge is -2.24. The normalized spacial score (nSPS) is 12.5. The summed E-state index contributed by atoms with van der Waals surface area (Å²) in [6, 6.07) is 14.7. The van der Waals surface area contributed by atoms with Crippen molar-refractivity contribution in [3.8, 4) is 5.75 Å². The Morgan fingerprint density at radius 2 is 1.92 bits per heavy atom. The van der Waals surface area contributed by atoms with Gasteiger partial charge in [-0.3, -0.25) is 9.69 Å². The van der Waals surface area contributed by atoms with E-state index in [0.717, 1.165) is 0 Å². The monoisotopic (exact) mass is 357 g/mol.